The van der Waals surface area contributed by atoms with Crippen LogP contribution in [0.2, 0.25) is 0 Å². The molecule has 1 nitrogen and oxygen atoms in total. The summed E-state index contributed by atoms with van der Waals surface area (Å²) in [5, 5.41) is 8.76. The Labute approximate surface area is 135 Å². The highest BCUT2D eigenvalue weighted by Gasteiger charge is 1.89. The second kappa shape index (κ2) is 11.2. The van der Waals surface area contributed by atoms with Crippen molar-refractivity contribution in [3.63, 3.8) is 0 Å². The van der Waals surface area contributed by atoms with E-state index in [9.17, 15) is 0 Å². The van der Waals surface area contributed by atoms with Gasteiger partial charge in [-0.05, 0) is 44.0 Å². The summed E-state index contributed by atoms with van der Waals surface area (Å²) >= 11 is 0. The van der Waals surface area contributed by atoms with Crippen LogP contribution < -0.4 is 0 Å². The molecule has 22 heavy (non-hydrogen) atoms. The van der Waals surface area contributed by atoms with Crippen LogP contribution in [0.5, 0.6) is 5.75 Å². The predicted octanol–water partition coefficient (Wildman–Crippen LogP) is 6.26. The van der Waals surface area contributed by atoms with Gasteiger partial charge >= 0.3 is 0 Å². The molecule has 0 atom stereocenters. The Balaban J connectivity index is 0.000000330. The van der Waals surface area contributed by atoms with Crippen LogP contribution in [-0.2, 0) is 0 Å². The molecule has 0 aliphatic heterocycles. The van der Waals surface area contributed by atoms with Crippen molar-refractivity contribution in [2.24, 2.45) is 0 Å². The molecule has 2 aromatic rings. The first-order chi connectivity index (χ1) is 10.4. The molecule has 0 saturated heterocycles. The van der Waals surface area contributed by atoms with E-state index in [1.165, 1.54) is 11.1 Å². The van der Waals surface area contributed by atoms with Gasteiger partial charge in [0.2, 0.25) is 0 Å². The third-order valence-electron chi connectivity index (χ3n) is 2.47. The van der Waals surface area contributed by atoms with Crippen LogP contribution in [0.15, 0.2) is 73.8 Å². The minimum atomic E-state index is 0.329. The first-order valence-electron chi connectivity index (χ1n) is 7.12. The fourth-order valence-electron chi connectivity index (χ4n) is 1.43. The summed E-state index contributed by atoms with van der Waals surface area (Å²) in [7, 11) is 0. The maximum Gasteiger partial charge on any atom is 0.115 e. The molecular formula is C21H26O. The average Bonchev–Trinajstić information content (AvgIpc) is 2.50. The SMILES string of the molecule is C=C(C)C.C=Cc1ccccc1C=C.Cc1ccc(O)cc1. The molecule has 0 fully saturated rings. The minimum absolute atomic E-state index is 0.329. The number of benzene rings is 2. The lowest BCUT2D eigenvalue weighted by Gasteiger charge is -1.96. The van der Waals surface area contributed by atoms with Crippen molar-refractivity contribution in [2.45, 2.75) is 20.8 Å². The molecule has 2 rings (SSSR count). The number of phenolic OH excluding ortho intramolecular Hbond substituents is 1. The smallest absolute Gasteiger partial charge is 0.115 e. The standard InChI is InChI=1S/C10H10.C7H8O.C4H8/c1-3-9-7-5-6-8-10(9)4-2;1-6-2-4-7(8)5-3-6;1-4(2)3/h3-8H,1-2H2;2-5,8H,1H3;1H2,2-3H3. The van der Waals surface area contributed by atoms with E-state index >= 15 is 0 Å². The zero-order chi connectivity index (χ0) is 17.0. The van der Waals surface area contributed by atoms with Crippen LogP contribution in [0, 0.1) is 6.92 Å². The molecule has 0 radical (unpaired) electrons. The van der Waals surface area contributed by atoms with Crippen molar-refractivity contribution in [3.8, 4) is 5.75 Å². The van der Waals surface area contributed by atoms with Gasteiger partial charge in [-0.2, -0.15) is 0 Å². The number of aromatic hydroxyl groups is 1. The molecule has 0 aliphatic rings. The number of aryl methyl sites for hydroxylation is 1. The average molecular weight is 294 g/mol. The lowest BCUT2D eigenvalue weighted by atomic mass is 10.1. The van der Waals surface area contributed by atoms with Gasteiger partial charge in [-0.15, -0.1) is 6.58 Å². The highest BCUT2D eigenvalue weighted by Crippen LogP contribution is 2.10. The second-order valence-corrected chi connectivity index (χ2v) is 5.08. The molecule has 1 N–H and O–H groups in total. The van der Waals surface area contributed by atoms with Crippen LogP contribution in [-0.4, -0.2) is 5.11 Å². The molecule has 0 spiro atoms. The molecule has 0 saturated carbocycles. The van der Waals surface area contributed by atoms with Crippen molar-refractivity contribution < 1.29 is 5.11 Å². The van der Waals surface area contributed by atoms with E-state index in [2.05, 4.69) is 19.7 Å². The van der Waals surface area contributed by atoms with E-state index in [4.69, 9.17) is 5.11 Å². The van der Waals surface area contributed by atoms with E-state index in [0.29, 0.717) is 5.75 Å². The van der Waals surface area contributed by atoms with Gasteiger partial charge < -0.3 is 5.11 Å². The normalized spacial score (nSPS) is 8.50. The summed E-state index contributed by atoms with van der Waals surface area (Å²) in [5.41, 5.74) is 4.61. The fraction of sp³-hybridized carbons (Fsp3) is 0.143. The van der Waals surface area contributed by atoms with Crippen LogP contribution in [0.3, 0.4) is 0 Å². The van der Waals surface area contributed by atoms with Crippen molar-refractivity contribution in [1.82, 2.24) is 0 Å². The molecule has 1 heteroatoms. The van der Waals surface area contributed by atoms with Gasteiger partial charge in [-0.25, -0.2) is 0 Å². The topological polar surface area (TPSA) is 20.2 Å². The van der Waals surface area contributed by atoms with Gasteiger partial charge in [-0.3, -0.25) is 0 Å². The summed E-state index contributed by atoms with van der Waals surface area (Å²) in [6.07, 6.45) is 3.66. The van der Waals surface area contributed by atoms with E-state index < -0.39 is 0 Å². The number of hydrogen-bond acceptors (Lipinski definition) is 1. The van der Waals surface area contributed by atoms with E-state index in [0.717, 1.165) is 11.1 Å². The van der Waals surface area contributed by atoms with Crippen molar-refractivity contribution >= 4 is 12.2 Å². The Morgan fingerprint density at radius 1 is 0.864 bits per heavy atom. The number of hydrogen-bond donors (Lipinski definition) is 1. The third kappa shape index (κ3) is 9.38. The number of rotatable bonds is 2. The monoisotopic (exact) mass is 294 g/mol. The molecule has 116 valence electrons. The highest BCUT2D eigenvalue weighted by molar-refractivity contribution is 5.63. The zero-order valence-corrected chi connectivity index (χ0v) is 13.8. The Morgan fingerprint density at radius 2 is 1.23 bits per heavy atom. The summed E-state index contributed by atoms with van der Waals surface area (Å²) in [6.45, 7) is 16.9. The Morgan fingerprint density at radius 3 is 1.50 bits per heavy atom. The number of allylic oxidation sites excluding steroid dienone is 1. The number of phenols is 1. The van der Waals surface area contributed by atoms with Crippen molar-refractivity contribution in [3.05, 3.63) is 90.5 Å². The van der Waals surface area contributed by atoms with Gasteiger partial charge in [-0.1, -0.05) is 72.8 Å². The third-order valence-corrected chi connectivity index (χ3v) is 2.47. The molecule has 0 unspecified atom stereocenters. The molecule has 0 aliphatic carbocycles. The Kier molecular flexibility index (Phi) is 9.87. The maximum absolute atomic E-state index is 8.76. The molecule has 0 bridgehead atoms. The van der Waals surface area contributed by atoms with E-state index in [1.54, 1.807) is 12.1 Å². The van der Waals surface area contributed by atoms with Gasteiger partial charge in [0, 0.05) is 0 Å². The first-order valence-corrected chi connectivity index (χ1v) is 7.12. The summed E-state index contributed by atoms with van der Waals surface area (Å²) in [6, 6.07) is 15.1. The Hall–Kier alpha value is -2.54. The van der Waals surface area contributed by atoms with E-state index in [1.807, 2.05) is 69.3 Å². The van der Waals surface area contributed by atoms with Crippen LogP contribution >= 0.6 is 0 Å². The van der Waals surface area contributed by atoms with Gasteiger partial charge in [0.1, 0.15) is 5.75 Å². The summed E-state index contributed by atoms with van der Waals surface area (Å²) in [4.78, 5) is 0. The Bertz CT molecular complexity index is 540. The first kappa shape index (κ1) is 19.5. The minimum Gasteiger partial charge on any atom is -0.508 e. The van der Waals surface area contributed by atoms with Gasteiger partial charge in [0.15, 0.2) is 0 Å². The highest BCUT2D eigenvalue weighted by atomic mass is 16.3. The van der Waals surface area contributed by atoms with Gasteiger partial charge in [0.25, 0.3) is 0 Å². The predicted molar refractivity (Wildman–Crippen MR) is 100.0 cm³/mol. The quantitative estimate of drug-likeness (QED) is 0.648. The van der Waals surface area contributed by atoms with Crippen LogP contribution in [0.4, 0.5) is 0 Å². The largest absolute Gasteiger partial charge is 0.508 e. The fourth-order valence-corrected chi connectivity index (χ4v) is 1.43. The van der Waals surface area contributed by atoms with Crippen molar-refractivity contribution in [2.75, 3.05) is 0 Å². The van der Waals surface area contributed by atoms with Crippen LogP contribution in [0.1, 0.15) is 30.5 Å². The summed E-state index contributed by atoms with van der Waals surface area (Å²) in [5.74, 6) is 0.329. The zero-order valence-electron chi connectivity index (χ0n) is 13.8. The van der Waals surface area contributed by atoms with E-state index in [-0.39, 0.29) is 0 Å². The molecule has 0 amide bonds. The molecule has 2 aromatic carbocycles. The second-order valence-electron chi connectivity index (χ2n) is 5.08. The van der Waals surface area contributed by atoms with Gasteiger partial charge in [0.05, 0.1) is 0 Å². The lowest BCUT2D eigenvalue weighted by molar-refractivity contribution is 0.475. The molecule has 0 heterocycles. The van der Waals surface area contributed by atoms with Crippen LogP contribution in [0.25, 0.3) is 12.2 Å². The summed E-state index contributed by atoms with van der Waals surface area (Å²) < 4.78 is 0. The van der Waals surface area contributed by atoms with Crippen molar-refractivity contribution in [1.29, 1.82) is 0 Å². The lowest BCUT2D eigenvalue weighted by Crippen LogP contribution is -1.76. The molecular weight excluding hydrogens is 268 g/mol. The molecule has 0 aromatic heterocycles. The maximum atomic E-state index is 8.76.